The Hall–Kier alpha value is -3.60. The van der Waals surface area contributed by atoms with Gasteiger partial charge in [-0.3, -0.25) is 19.2 Å². The molecule has 0 spiro atoms. The van der Waals surface area contributed by atoms with Crippen LogP contribution in [0.2, 0.25) is 0 Å². The number of ketones is 4. The number of allylic oxidation sites excluding steroid dienone is 8. The van der Waals surface area contributed by atoms with Gasteiger partial charge in [-0.1, -0.05) is 191 Å². The van der Waals surface area contributed by atoms with E-state index >= 15 is 0 Å². The molecule has 4 aliphatic carbocycles. The highest BCUT2D eigenvalue weighted by Crippen LogP contribution is 2.22. The summed E-state index contributed by atoms with van der Waals surface area (Å²) in [5.41, 5.74) is 18.6. The first kappa shape index (κ1) is 72.4. The van der Waals surface area contributed by atoms with E-state index in [1.165, 1.54) is 186 Å². The van der Waals surface area contributed by atoms with Crippen molar-refractivity contribution < 1.29 is 28.8 Å². The van der Waals surface area contributed by atoms with E-state index in [9.17, 15) is 19.2 Å². The third-order valence-corrected chi connectivity index (χ3v) is 15.5. The number of hydrogen-bond acceptors (Lipinski definition) is 4. The molecule has 0 heterocycles. The summed E-state index contributed by atoms with van der Waals surface area (Å²) in [6.07, 6.45) is 73.7. The van der Waals surface area contributed by atoms with Crippen molar-refractivity contribution in [3.8, 4) is 0 Å². The van der Waals surface area contributed by atoms with Gasteiger partial charge in [-0.25, -0.2) is 0 Å². The van der Waals surface area contributed by atoms with Crippen molar-refractivity contribution >= 4 is 34.6 Å². The standard InChI is InChI=1S/2C17H30O.2C16H26N2O.C2H6/c2*1-16(18)17-14-12-10-8-6-4-2-3-5-7-9-11-13-15-17;2*17-18-15-13-11-9-7-5-3-1-2-4-6-8-10-12-14-16(15)19;1-2/h2,4,17H,3,5-15H2,1H3;2-3,17H,4-15H2,1H3;1,3H,2,4-14H2;1-2H,3-14H2;1-2H3. The topological polar surface area (TPSA) is 141 Å². The van der Waals surface area contributed by atoms with Gasteiger partial charge in [0.05, 0.1) is 12.8 Å². The second kappa shape index (κ2) is 57.6. The molecular formula is C68H118N4O4. The smallest absolute Gasteiger partial charge is 0.334 e. The third-order valence-electron chi connectivity index (χ3n) is 15.5. The molecule has 0 saturated carbocycles. The third kappa shape index (κ3) is 47.6. The molecule has 0 aliphatic heterocycles. The molecule has 1 atom stereocenters. The lowest BCUT2D eigenvalue weighted by Gasteiger charge is -2.13. The van der Waals surface area contributed by atoms with Crippen molar-refractivity contribution in [2.75, 3.05) is 0 Å². The first-order valence-electron chi connectivity index (χ1n) is 32.4. The molecule has 0 aromatic rings. The molecule has 8 heteroatoms. The van der Waals surface area contributed by atoms with Gasteiger partial charge in [0.15, 0.2) is 0 Å². The maximum absolute atomic E-state index is 11.8. The Bertz CT molecular complexity index is 1630. The van der Waals surface area contributed by atoms with Crippen molar-refractivity contribution in [2.24, 2.45) is 11.8 Å². The molecule has 434 valence electrons. The molecular weight excluding hydrogens is 937 g/mol. The van der Waals surface area contributed by atoms with Gasteiger partial charge in [0, 0.05) is 24.7 Å². The Labute approximate surface area is 468 Å². The summed E-state index contributed by atoms with van der Waals surface area (Å²) in [6, 6.07) is 0. The molecule has 1 unspecified atom stereocenters. The summed E-state index contributed by atoms with van der Waals surface area (Å²) in [5.74, 6) is 1.61. The molecule has 4 rings (SSSR count). The maximum atomic E-state index is 11.8. The molecule has 0 amide bonds. The van der Waals surface area contributed by atoms with E-state index in [1.807, 2.05) is 13.8 Å². The van der Waals surface area contributed by atoms with Crippen molar-refractivity contribution in [3.63, 3.8) is 0 Å². The van der Waals surface area contributed by atoms with Gasteiger partial charge in [0.1, 0.15) is 11.6 Å². The molecule has 0 radical (unpaired) electrons. The minimum absolute atomic E-state index is 0.0366. The van der Waals surface area contributed by atoms with Gasteiger partial charge in [-0.15, -0.1) is 0 Å². The lowest BCUT2D eigenvalue weighted by atomic mass is 9.91. The summed E-state index contributed by atoms with van der Waals surface area (Å²) in [7, 11) is 0. The van der Waals surface area contributed by atoms with Crippen LogP contribution in [0.25, 0.3) is 11.1 Å². The average molecular weight is 1060 g/mol. The minimum Gasteiger partial charge on any atom is -0.361 e. The fourth-order valence-corrected chi connectivity index (χ4v) is 10.5. The summed E-state index contributed by atoms with van der Waals surface area (Å²) >= 11 is 0. The van der Waals surface area contributed by atoms with E-state index in [4.69, 9.17) is 11.1 Å². The van der Waals surface area contributed by atoms with Crippen molar-refractivity contribution in [1.29, 1.82) is 0 Å². The number of rotatable bonds is 2. The molecule has 8 nitrogen and oxygen atoms in total. The van der Waals surface area contributed by atoms with Gasteiger partial charge in [-0.05, 0) is 168 Å². The van der Waals surface area contributed by atoms with E-state index in [-0.39, 0.29) is 11.6 Å². The van der Waals surface area contributed by atoms with Crippen LogP contribution >= 0.6 is 0 Å². The van der Waals surface area contributed by atoms with E-state index in [1.54, 1.807) is 13.8 Å². The van der Waals surface area contributed by atoms with Gasteiger partial charge in [0.25, 0.3) is 0 Å². The van der Waals surface area contributed by atoms with Crippen LogP contribution in [-0.2, 0) is 19.2 Å². The van der Waals surface area contributed by atoms with E-state index < -0.39 is 0 Å². The van der Waals surface area contributed by atoms with Crippen molar-refractivity contribution in [1.82, 2.24) is 0 Å². The summed E-state index contributed by atoms with van der Waals surface area (Å²) in [4.78, 5) is 53.2. The van der Waals surface area contributed by atoms with Crippen LogP contribution in [0.4, 0.5) is 0 Å². The molecule has 0 fully saturated rings. The second-order valence-corrected chi connectivity index (χ2v) is 22.2. The van der Waals surface area contributed by atoms with E-state index in [0.29, 0.717) is 60.5 Å². The summed E-state index contributed by atoms with van der Waals surface area (Å²) in [6.45, 7) is 7.56. The number of carbonyl (C=O) groups excluding carboxylic acids is 4. The molecule has 0 N–H and O–H groups in total. The van der Waals surface area contributed by atoms with Crippen LogP contribution in [-0.4, -0.2) is 44.1 Å². The largest absolute Gasteiger partial charge is 0.361 e. The molecule has 0 saturated heterocycles. The van der Waals surface area contributed by atoms with Crippen LogP contribution in [0.3, 0.4) is 0 Å². The zero-order chi connectivity index (χ0) is 55.6. The average Bonchev–Trinajstić information content (AvgIpc) is 3.44. The second-order valence-electron chi connectivity index (χ2n) is 22.2. The number of carbonyl (C=O) groups is 4. The highest BCUT2D eigenvalue weighted by molar-refractivity contribution is 6.37. The van der Waals surface area contributed by atoms with Crippen LogP contribution in [0.5, 0.6) is 0 Å². The van der Waals surface area contributed by atoms with Crippen molar-refractivity contribution in [2.45, 2.75) is 336 Å². The monoisotopic (exact) mass is 1050 g/mol. The van der Waals surface area contributed by atoms with E-state index in [2.05, 4.69) is 58.2 Å². The Morgan fingerprint density at radius 3 is 0.737 bits per heavy atom. The van der Waals surface area contributed by atoms with Gasteiger partial charge >= 0.3 is 11.4 Å². The normalized spacial score (nSPS) is 21.8. The predicted octanol–water partition coefficient (Wildman–Crippen LogP) is 20.9. The van der Waals surface area contributed by atoms with Gasteiger partial charge < -0.3 is 11.1 Å². The number of Topliss-reactive ketones (excluding diaryl/α,β-unsaturated/α-hetero) is 4. The summed E-state index contributed by atoms with van der Waals surface area (Å²) in [5, 5.41) is 0. The number of nitrogens with zero attached hydrogens (tertiary/aromatic N) is 4. The lowest BCUT2D eigenvalue weighted by molar-refractivity contribution is -0.122. The highest BCUT2D eigenvalue weighted by atomic mass is 16.1. The first-order valence-corrected chi connectivity index (χ1v) is 32.4. The Kier molecular flexibility index (Phi) is 54.8. The molecule has 4 aliphatic rings. The van der Waals surface area contributed by atoms with E-state index in [0.717, 1.165) is 96.3 Å². The quantitative estimate of drug-likeness (QED) is 0.154. The SMILES string of the molecule is CC.CC(=O)C1CCCCCC=CCCCCCCC1.CC(=O)C1CCCCCCC=CCCCCCC1.[N-]=[N+]=C1CCCCCC=CCCCCCCCC1=O.[N-]=[N+]=C1CCCCCCC=CCCCCCCC1=O. The Morgan fingerprint density at radius 1 is 0.316 bits per heavy atom. The fourth-order valence-electron chi connectivity index (χ4n) is 10.5. The van der Waals surface area contributed by atoms with Gasteiger partial charge in [0.2, 0.25) is 11.6 Å². The first-order chi connectivity index (χ1) is 37.3. The molecule has 0 bridgehead atoms. The minimum atomic E-state index is 0.0366. The lowest BCUT2D eigenvalue weighted by Crippen LogP contribution is -2.15. The fraction of sp³-hybridized carbons (Fsp3) is 0.794. The zero-order valence-electron chi connectivity index (χ0n) is 50.1. The van der Waals surface area contributed by atoms with Crippen molar-refractivity contribution in [3.05, 3.63) is 59.7 Å². The van der Waals surface area contributed by atoms with Crippen LogP contribution < -0.4 is 0 Å². The summed E-state index contributed by atoms with van der Waals surface area (Å²) < 4.78 is 0. The zero-order valence-corrected chi connectivity index (χ0v) is 50.1. The molecule has 0 aromatic carbocycles. The van der Waals surface area contributed by atoms with Crippen LogP contribution in [0.15, 0.2) is 48.6 Å². The molecule has 0 aromatic heterocycles. The Morgan fingerprint density at radius 2 is 0.500 bits per heavy atom. The maximum Gasteiger partial charge on any atom is 0.334 e. The van der Waals surface area contributed by atoms with Crippen LogP contribution in [0, 0.1) is 11.8 Å². The molecule has 76 heavy (non-hydrogen) atoms. The predicted molar refractivity (Wildman–Crippen MR) is 325 cm³/mol. The highest BCUT2D eigenvalue weighted by Gasteiger charge is 2.20. The van der Waals surface area contributed by atoms with Crippen LogP contribution in [0.1, 0.15) is 336 Å². The van der Waals surface area contributed by atoms with Gasteiger partial charge in [-0.2, -0.15) is 9.58 Å². The Balaban J connectivity index is 0.000000976. The number of hydrogen-bond donors (Lipinski definition) is 0.